The van der Waals surface area contributed by atoms with Crippen LogP contribution in [0.15, 0.2) is 14.8 Å². The van der Waals surface area contributed by atoms with Gasteiger partial charge in [-0.15, -0.1) is 10.2 Å². The van der Waals surface area contributed by atoms with Crippen LogP contribution in [0.1, 0.15) is 26.9 Å². The number of carboxylic acids is 1. The van der Waals surface area contributed by atoms with Crippen molar-refractivity contribution < 1.29 is 14.3 Å². The first kappa shape index (κ1) is 12.1. The average Bonchev–Trinajstić information content (AvgIpc) is 2.82. The van der Waals surface area contributed by atoms with Gasteiger partial charge in [-0.3, -0.25) is 0 Å². The molecule has 0 atom stereocenters. The first-order chi connectivity index (χ1) is 8.06. The lowest BCUT2D eigenvalue weighted by Gasteiger charge is -1.94. The summed E-state index contributed by atoms with van der Waals surface area (Å²) in [4.78, 5) is 10.7. The molecular formula is C10H10N2O3S2. The second-order valence-electron chi connectivity index (χ2n) is 3.37. The van der Waals surface area contributed by atoms with E-state index in [1.165, 1.54) is 23.1 Å². The van der Waals surface area contributed by atoms with Crippen LogP contribution in [0.4, 0.5) is 0 Å². The number of thioether (sulfide) groups is 1. The van der Waals surface area contributed by atoms with E-state index in [-0.39, 0.29) is 5.76 Å². The number of aromatic carboxylic acids is 1. The van der Waals surface area contributed by atoms with Gasteiger partial charge < -0.3 is 9.52 Å². The fourth-order valence-corrected chi connectivity index (χ4v) is 3.10. The highest BCUT2D eigenvalue weighted by Crippen LogP contribution is 2.28. The number of furan rings is 1. The standard InChI is InChI=1S/C10H10N2O3S2/c1-5-7(3-8(15-5)9(13)14)4-16-10-12-11-6(2)17-10/h3H,4H2,1-2H3,(H,13,14). The highest BCUT2D eigenvalue weighted by molar-refractivity contribution is 8.00. The van der Waals surface area contributed by atoms with Crippen LogP contribution >= 0.6 is 23.1 Å². The predicted molar refractivity (Wildman–Crippen MR) is 64.6 cm³/mol. The number of carbonyl (C=O) groups is 1. The monoisotopic (exact) mass is 270 g/mol. The van der Waals surface area contributed by atoms with E-state index in [2.05, 4.69) is 10.2 Å². The average molecular weight is 270 g/mol. The molecule has 2 heterocycles. The van der Waals surface area contributed by atoms with Gasteiger partial charge in [0, 0.05) is 11.3 Å². The van der Waals surface area contributed by atoms with Gasteiger partial charge in [0.1, 0.15) is 10.8 Å². The summed E-state index contributed by atoms with van der Waals surface area (Å²) < 4.78 is 6.00. The van der Waals surface area contributed by atoms with E-state index in [1.54, 1.807) is 13.0 Å². The summed E-state index contributed by atoms with van der Waals surface area (Å²) in [6.07, 6.45) is 0. The minimum atomic E-state index is -1.05. The molecule has 5 nitrogen and oxygen atoms in total. The van der Waals surface area contributed by atoms with Crippen molar-refractivity contribution >= 4 is 29.1 Å². The Hall–Kier alpha value is -1.34. The summed E-state index contributed by atoms with van der Waals surface area (Å²) in [7, 11) is 0. The van der Waals surface area contributed by atoms with Crippen molar-refractivity contribution in [3.8, 4) is 0 Å². The van der Waals surface area contributed by atoms with E-state index < -0.39 is 5.97 Å². The van der Waals surface area contributed by atoms with Crippen LogP contribution in [-0.2, 0) is 5.75 Å². The smallest absolute Gasteiger partial charge is 0.371 e. The molecule has 2 aromatic heterocycles. The summed E-state index contributed by atoms with van der Waals surface area (Å²) in [6, 6.07) is 1.55. The van der Waals surface area contributed by atoms with Crippen LogP contribution in [0, 0.1) is 13.8 Å². The molecule has 0 unspecified atom stereocenters. The number of carboxylic acid groups (broad SMARTS) is 1. The van der Waals surface area contributed by atoms with Crippen molar-refractivity contribution in [3.05, 3.63) is 28.2 Å². The van der Waals surface area contributed by atoms with Crippen LogP contribution < -0.4 is 0 Å². The quantitative estimate of drug-likeness (QED) is 0.861. The van der Waals surface area contributed by atoms with Crippen LogP contribution in [0.3, 0.4) is 0 Å². The number of aryl methyl sites for hydroxylation is 2. The molecule has 0 aliphatic carbocycles. The van der Waals surface area contributed by atoms with Gasteiger partial charge in [-0.2, -0.15) is 0 Å². The molecular weight excluding hydrogens is 260 g/mol. The molecule has 0 amide bonds. The molecule has 0 aromatic carbocycles. The van der Waals surface area contributed by atoms with Crippen molar-refractivity contribution in [1.82, 2.24) is 10.2 Å². The Morgan fingerprint density at radius 2 is 2.29 bits per heavy atom. The zero-order valence-electron chi connectivity index (χ0n) is 9.26. The maximum atomic E-state index is 10.7. The van der Waals surface area contributed by atoms with Crippen molar-refractivity contribution in [2.24, 2.45) is 0 Å². The Kier molecular flexibility index (Phi) is 3.49. The van der Waals surface area contributed by atoms with Crippen LogP contribution in [0.2, 0.25) is 0 Å². The van der Waals surface area contributed by atoms with E-state index in [0.29, 0.717) is 11.5 Å². The molecule has 2 rings (SSSR count). The first-order valence-corrected chi connectivity index (χ1v) is 6.62. The molecule has 7 heteroatoms. The highest BCUT2D eigenvalue weighted by atomic mass is 32.2. The van der Waals surface area contributed by atoms with E-state index in [9.17, 15) is 4.79 Å². The Morgan fingerprint density at radius 1 is 1.53 bits per heavy atom. The summed E-state index contributed by atoms with van der Waals surface area (Å²) in [5.41, 5.74) is 0.875. The summed E-state index contributed by atoms with van der Waals surface area (Å²) >= 11 is 3.05. The van der Waals surface area contributed by atoms with E-state index >= 15 is 0 Å². The number of aromatic nitrogens is 2. The van der Waals surface area contributed by atoms with Gasteiger partial charge in [-0.05, 0) is 19.9 Å². The fraction of sp³-hybridized carbons (Fsp3) is 0.300. The second-order valence-corrected chi connectivity index (χ2v) is 5.78. The number of rotatable bonds is 4. The zero-order valence-corrected chi connectivity index (χ0v) is 10.9. The first-order valence-electron chi connectivity index (χ1n) is 4.82. The lowest BCUT2D eigenvalue weighted by molar-refractivity contribution is 0.0661. The van der Waals surface area contributed by atoms with Crippen molar-refractivity contribution in [3.63, 3.8) is 0 Å². The minimum absolute atomic E-state index is 0.0217. The van der Waals surface area contributed by atoms with Gasteiger partial charge in [-0.1, -0.05) is 23.1 Å². The molecule has 1 N–H and O–H groups in total. The lowest BCUT2D eigenvalue weighted by atomic mass is 10.3. The molecule has 0 saturated heterocycles. The summed E-state index contributed by atoms with van der Waals surface area (Å²) in [5.74, 6) is 0.204. The van der Waals surface area contributed by atoms with E-state index in [4.69, 9.17) is 9.52 Å². The van der Waals surface area contributed by atoms with Gasteiger partial charge in [0.15, 0.2) is 4.34 Å². The SMILES string of the molecule is Cc1nnc(SCc2cc(C(=O)O)oc2C)s1. The number of hydrogen-bond donors (Lipinski definition) is 1. The zero-order chi connectivity index (χ0) is 12.4. The molecule has 0 spiro atoms. The molecule has 2 aromatic rings. The predicted octanol–water partition coefficient (Wildman–Crippen LogP) is 2.74. The third-order valence-electron chi connectivity index (χ3n) is 2.09. The van der Waals surface area contributed by atoms with Crippen LogP contribution in [-0.4, -0.2) is 21.3 Å². The van der Waals surface area contributed by atoms with Crippen molar-refractivity contribution in [2.45, 2.75) is 23.9 Å². The van der Waals surface area contributed by atoms with E-state index in [0.717, 1.165) is 14.9 Å². The minimum Gasteiger partial charge on any atom is -0.475 e. The van der Waals surface area contributed by atoms with Gasteiger partial charge in [0.25, 0.3) is 0 Å². The molecule has 90 valence electrons. The third-order valence-corrected chi connectivity index (χ3v) is 4.11. The topological polar surface area (TPSA) is 76.2 Å². The van der Waals surface area contributed by atoms with Crippen LogP contribution in [0.5, 0.6) is 0 Å². The molecule has 0 radical (unpaired) electrons. The molecule has 0 saturated carbocycles. The molecule has 0 bridgehead atoms. The second kappa shape index (κ2) is 4.89. The Balaban J connectivity index is 2.06. The molecule has 0 aliphatic rings. The van der Waals surface area contributed by atoms with Crippen molar-refractivity contribution in [1.29, 1.82) is 0 Å². The third kappa shape index (κ3) is 2.86. The Labute approximate surface area is 106 Å². The highest BCUT2D eigenvalue weighted by Gasteiger charge is 2.13. The molecule has 0 fully saturated rings. The normalized spacial score (nSPS) is 10.7. The van der Waals surface area contributed by atoms with Gasteiger partial charge in [-0.25, -0.2) is 4.79 Å². The summed E-state index contributed by atoms with van der Waals surface area (Å²) in [6.45, 7) is 3.65. The summed E-state index contributed by atoms with van der Waals surface area (Å²) in [5, 5.41) is 17.6. The largest absolute Gasteiger partial charge is 0.475 e. The van der Waals surface area contributed by atoms with E-state index in [1.807, 2.05) is 6.92 Å². The van der Waals surface area contributed by atoms with Crippen molar-refractivity contribution in [2.75, 3.05) is 0 Å². The fourth-order valence-electron chi connectivity index (χ4n) is 1.24. The van der Waals surface area contributed by atoms with Gasteiger partial charge in [0.05, 0.1) is 0 Å². The Morgan fingerprint density at radius 3 is 2.82 bits per heavy atom. The number of nitrogens with zero attached hydrogens (tertiary/aromatic N) is 2. The van der Waals surface area contributed by atoms with Crippen LogP contribution in [0.25, 0.3) is 0 Å². The Bertz CT molecular complexity index is 547. The van der Waals surface area contributed by atoms with Gasteiger partial charge in [0.2, 0.25) is 5.76 Å². The molecule has 0 aliphatic heterocycles. The molecule has 17 heavy (non-hydrogen) atoms. The number of hydrogen-bond acceptors (Lipinski definition) is 6. The maximum Gasteiger partial charge on any atom is 0.371 e. The lowest BCUT2D eigenvalue weighted by Crippen LogP contribution is -1.91. The van der Waals surface area contributed by atoms with Gasteiger partial charge >= 0.3 is 5.97 Å². The maximum absolute atomic E-state index is 10.7.